The molecule has 8 heteroatoms. The highest BCUT2D eigenvalue weighted by Crippen LogP contribution is 2.21. The van der Waals surface area contributed by atoms with E-state index in [0.717, 1.165) is 32.0 Å². The van der Waals surface area contributed by atoms with Gasteiger partial charge < -0.3 is 19.7 Å². The molecule has 0 unspecified atom stereocenters. The minimum Gasteiger partial charge on any atom is -0.339 e. The average Bonchev–Trinajstić information content (AvgIpc) is 3.02. The molecule has 2 amide bonds. The first-order chi connectivity index (χ1) is 12.9. The van der Waals surface area contributed by atoms with Gasteiger partial charge >= 0.3 is 6.03 Å². The zero-order valence-electron chi connectivity index (χ0n) is 16.4. The summed E-state index contributed by atoms with van der Waals surface area (Å²) in [6.45, 7) is 10.1. The first-order valence-corrected chi connectivity index (χ1v) is 9.46. The molecule has 1 saturated heterocycles. The van der Waals surface area contributed by atoms with Crippen LogP contribution in [-0.2, 0) is 6.54 Å². The fourth-order valence-corrected chi connectivity index (χ4v) is 3.16. The van der Waals surface area contributed by atoms with Gasteiger partial charge in [-0.25, -0.2) is 19.7 Å². The van der Waals surface area contributed by atoms with E-state index in [0.29, 0.717) is 13.1 Å². The van der Waals surface area contributed by atoms with E-state index in [9.17, 15) is 4.79 Å². The Balaban J connectivity index is 1.60. The van der Waals surface area contributed by atoms with Crippen molar-refractivity contribution in [2.75, 3.05) is 31.1 Å². The normalized spacial score (nSPS) is 16.7. The van der Waals surface area contributed by atoms with Crippen LogP contribution in [0, 0.1) is 5.41 Å². The lowest BCUT2D eigenvalue weighted by molar-refractivity contribution is 0.177. The molecule has 3 rings (SSSR count). The molecule has 1 aliphatic rings. The van der Waals surface area contributed by atoms with Crippen LogP contribution < -0.4 is 10.2 Å². The van der Waals surface area contributed by atoms with Crippen molar-refractivity contribution in [1.82, 2.24) is 29.7 Å². The standard InChI is InChI=1S/C19H29N7O/c1-19(2,3)16(14-24-11-8-20-15-24)23-18(27)26-10-5-9-25(12-13-26)17-21-6-4-7-22-17/h4,6-8,11,15-16H,5,9-10,12-14H2,1-3H3,(H,23,27)/t16-/m0/s1. The molecular weight excluding hydrogens is 342 g/mol. The van der Waals surface area contributed by atoms with Crippen molar-refractivity contribution in [3.05, 3.63) is 37.2 Å². The summed E-state index contributed by atoms with van der Waals surface area (Å²) in [5, 5.41) is 3.24. The number of nitrogens with zero attached hydrogens (tertiary/aromatic N) is 6. The van der Waals surface area contributed by atoms with E-state index in [4.69, 9.17) is 0 Å². The van der Waals surface area contributed by atoms with Crippen LogP contribution in [0.25, 0.3) is 0 Å². The third-order valence-corrected chi connectivity index (χ3v) is 4.91. The predicted octanol–water partition coefficient (Wildman–Crippen LogP) is 2.01. The van der Waals surface area contributed by atoms with Gasteiger partial charge in [0.1, 0.15) is 0 Å². The third kappa shape index (κ3) is 5.18. The van der Waals surface area contributed by atoms with Crippen molar-refractivity contribution in [3.8, 4) is 0 Å². The van der Waals surface area contributed by atoms with Gasteiger partial charge in [0.2, 0.25) is 5.95 Å². The number of carbonyl (C=O) groups is 1. The Hall–Kier alpha value is -2.64. The molecule has 1 fully saturated rings. The molecule has 0 spiro atoms. The van der Waals surface area contributed by atoms with Crippen molar-refractivity contribution in [2.45, 2.75) is 39.8 Å². The molecule has 146 valence electrons. The summed E-state index contributed by atoms with van der Waals surface area (Å²) in [4.78, 5) is 29.7. The highest BCUT2D eigenvalue weighted by atomic mass is 16.2. The molecule has 3 heterocycles. The van der Waals surface area contributed by atoms with Crippen molar-refractivity contribution >= 4 is 12.0 Å². The second-order valence-electron chi connectivity index (χ2n) is 8.00. The molecule has 1 N–H and O–H groups in total. The number of amides is 2. The number of imidazole rings is 1. The molecule has 0 aliphatic carbocycles. The summed E-state index contributed by atoms with van der Waals surface area (Å²) < 4.78 is 2.01. The molecule has 0 radical (unpaired) electrons. The molecule has 1 atom stereocenters. The quantitative estimate of drug-likeness (QED) is 0.889. The van der Waals surface area contributed by atoms with Gasteiger partial charge in [-0.2, -0.15) is 0 Å². The van der Waals surface area contributed by atoms with Gasteiger partial charge in [-0.3, -0.25) is 0 Å². The topological polar surface area (TPSA) is 79.2 Å². The highest BCUT2D eigenvalue weighted by molar-refractivity contribution is 5.74. The second kappa shape index (κ2) is 8.37. The van der Waals surface area contributed by atoms with Crippen molar-refractivity contribution in [2.24, 2.45) is 5.41 Å². The molecule has 8 nitrogen and oxygen atoms in total. The van der Waals surface area contributed by atoms with Gasteiger partial charge in [-0.1, -0.05) is 20.8 Å². The zero-order chi connectivity index (χ0) is 19.3. The van der Waals surface area contributed by atoms with Crippen molar-refractivity contribution in [1.29, 1.82) is 0 Å². The van der Waals surface area contributed by atoms with E-state index >= 15 is 0 Å². The minimum absolute atomic E-state index is 0.00845. The van der Waals surface area contributed by atoms with Crippen LogP contribution in [-0.4, -0.2) is 62.7 Å². The minimum atomic E-state index is -0.0598. The molecule has 1 aliphatic heterocycles. The van der Waals surface area contributed by atoms with Gasteiger partial charge in [0.25, 0.3) is 0 Å². The Bertz CT molecular complexity index is 711. The number of rotatable bonds is 4. The molecule has 0 saturated carbocycles. The molecule has 27 heavy (non-hydrogen) atoms. The lowest BCUT2D eigenvalue weighted by atomic mass is 9.86. The molecule has 2 aromatic heterocycles. The summed E-state index contributed by atoms with van der Waals surface area (Å²) in [5.41, 5.74) is -0.0598. The van der Waals surface area contributed by atoms with Gasteiger partial charge in [0, 0.05) is 57.5 Å². The predicted molar refractivity (Wildman–Crippen MR) is 104 cm³/mol. The zero-order valence-corrected chi connectivity index (χ0v) is 16.4. The Kier molecular flexibility index (Phi) is 5.93. The fourth-order valence-electron chi connectivity index (χ4n) is 3.16. The third-order valence-electron chi connectivity index (χ3n) is 4.91. The summed E-state index contributed by atoms with van der Waals surface area (Å²) in [6.07, 6.45) is 9.87. The molecule has 0 aromatic carbocycles. The maximum atomic E-state index is 12.9. The first-order valence-electron chi connectivity index (χ1n) is 9.46. The van der Waals surface area contributed by atoms with Gasteiger partial charge in [-0.15, -0.1) is 0 Å². The van der Waals surface area contributed by atoms with Crippen LogP contribution in [0.3, 0.4) is 0 Å². The number of nitrogens with one attached hydrogen (secondary N) is 1. The monoisotopic (exact) mass is 371 g/mol. The van der Waals surface area contributed by atoms with Crippen LogP contribution >= 0.6 is 0 Å². The van der Waals surface area contributed by atoms with Crippen LogP contribution in [0.4, 0.5) is 10.7 Å². The number of anilines is 1. The maximum absolute atomic E-state index is 12.9. The van der Waals surface area contributed by atoms with Crippen molar-refractivity contribution < 1.29 is 4.79 Å². The van der Waals surface area contributed by atoms with Gasteiger partial charge in [0.05, 0.1) is 12.4 Å². The summed E-state index contributed by atoms with van der Waals surface area (Å²) in [7, 11) is 0. The van der Waals surface area contributed by atoms with Crippen LogP contribution in [0.15, 0.2) is 37.2 Å². The smallest absolute Gasteiger partial charge is 0.317 e. The lowest BCUT2D eigenvalue weighted by Crippen LogP contribution is -2.52. The van der Waals surface area contributed by atoms with Gasteiger partial charge in [-0.05, 0) is 17.9 Å². The first kappa shape index (κ1) is 19.1. The van der Waals surface area contributed by atoms with E-state index in [1.807, 2.05) is 21.7 Å². The Labute approximate surface area is 160 Å². The second-order valence-corrected chi connectivity index (χ2v) is 8.00. The highest BCUT2D eigenvalue weighted by Gasteiger charge is 2.29. The SMILES string of the molecule is CC(C)(C)[C@H](Cn1ccnc1)NC(=O)N1CCCN(c2ncccn2)CC1. The average molecular weight is 371 g/mol. The van der Waals surface area contributed by atoms with Crippen LogP contribution in [0.2, 0.25) is 0 Å². The molecule has 2 aromatic rings. The van der Waals surface area contributed by atoms with E-state index < -0.39 is 0 Å². The Morgan fingerprint density at radius 2 is 1.93 bits per heavy atom. The summed E-state index contributed by atoms with van der Waals surface area (Å²) in [6, 6.07) is 1.82. The number of aromatic nitrogens is 4. The van der Waals surface area contributed by atoms with Gasteiger partial charge in [0.15, 0.2) is 0 Å². The summed E-state index contributed by atoms with van der Waals surface area (Å²) >= 11 is 0. The number of carbonyl (C=O) groups excluding carboxylic acids is 1. The van der Waals surface area contributed by atoms with Crippen molar-refractivity contribution in [3.63, 3.8) is 0 Å². The van der Waals surface area contributed by atoms with E-state index in [-0.39, 0.29) is 17.5 Å². The Morgan fingerprint density at radius 3 is 2.59 bits per heavy atom. The molecule has 0 bridgehead atoms. The lowest BCUT2D eigenvalue weighted by Gasteiger charge is -2.34. The Morgan fingerprint density at radius 1 is 1.15 bits per heavy atom. The van der Waals surface area contributed by atoms with E-state index in [1.54, 1.807) is 24.9 Å². The van der Waals surface area contributed by atoms with E-state index in [1.165, 1.54) is 0 Å². The van der Waals surface area contributed by atoms with Crippen LogP contribution in [0.1, 0.15) is 27.2 Å². The number of urea groups is 1. The number of hydrogen-bond donors (Lipinski definition) is 1. The number of hydrogen-bond acceptors (Lipinski definition) is 5. The maximum Gasteiger partial charge on any atom is 0.317 e. The summed E-state index contributed by atoms with van der Waals surface area (Å²) in [5.74, 6) is 0.729. The van der Waals surface area contributed by atoms with E-state index in [2.05, 4.69) is 45.9 Å². The van der Waals surface area contributed by atoms with Crippen LogP contribution in [0.5, 0.6) is 0 Å². The largest absolute Gasteiger partial charge is 0.339 e. The fraction of sp³-hybridized carbons (Fsp3) is 0.579. The molecular formula is C19H29N7O.